The van der Waals surface area contributed by atoms with Crippen molar-refractivity contribution in [3.63, 3.8) is 0 Å². The maximum absolute atomic E-state index is 6.27. The maximum atomic E-state index is 6.27. The van der Waals surface area contributed by atoms with E-state index in [1.807, 2.05) is 44.4 Å². The molecule has 0 atom stereocenters. The Bertz CT molecular complexity index is 558. The van der Waals surface area contributed by atoms with Crippen LogP contribution in [0.1, 0.15) is 12.5 Å². The minimum absolute atomic E-state index is 0.632. The largest absolute Gasteiger partial charge is 0.492 e. The predicted octanol–water partition coefficient (Wildman–Crippen LogP) is 3.52. The molecule has 0 radical (unpaired) electrons. The summed E-state index contributed by atoms with van der Waals surface area (Å²) >= 11 is 6.27. The van der Waals surface area contributed by atoms with Gasteiger partial charge < -0.3 is 10.1 Å². The zero-order valence-electron chi connectivity index (χ0n) is 11.1. The van der Waals surface area contributed by atoms with E-state index in [4.69, 9.17) is 16.3 Å². The van der Waals surface area contributed by atoms with Crippen LogP contribution in [0.15, 0.2) is 36.7 Å². The highest BCUT2D eigenvalue weighted by Gasteiger charge is 2.05. The van der Waals surface area contributed by atoms with Gasteiger partial charge in [0.15, 0.2) is 0 Å². The molecule has 0 saturated heterocycles. The summed E-state index contributed by atoms with van der Waals surface area (Å²) in [6.07, 6.45) is 3.52. The quantitative estimate of drug-likeness (QED) is 0.907. The fourth-order valence-electron chi connectivity index (χ4n) is 1.88. The van der Waals surface area contributed by atoms with Gasteiger partial charge in [0, 0.05) is 23.3 Å². The van der Waals surface area contributed by atoms with Crippen LogP contribution in [0.5, 0.6) is 5.75 Å². The standard InChI is InChI=1S/C15H17ClN2O/c1-3-19-14-6-13(9-18-10-14)11-4-5-12(8-17-2)15(16)7-11/h4-7,9-10,17H,3,8H2,1-2H3. The van der Waals surface area contributed by atoms with Crippen LogP contribution in [0.2, 0.25) is 5.02 Å². The average Bonchev–Trinajstić information content (AvgIpc) is 2.42. The molecule has 4 heteroatoms. The smallest absolute Gasteiger partial charge is 0.138 e. The summed E-state index contributed by atoms with van der Waals surface area (Å²) in [6, 6.07) is 8.01. The van der Waals surface area contributed by atoms with E-state index in [-0.39, 0.29) is 0 Å². The Morgan fingerprint density at radius 2 is 2.05 bits per heavy atom. The van der Waals surface area contributed by atoms with Gasteiger partial charge in [-0.25, -0.2) is 0 Å². The Balaban J connectivity index is 2.31. The molecule has 1 heterocycles. The van der Waals surface area contributed by atoms with Crippen molar-refractivity contribution in [1.29, 1.82) is 0 Å². The molecular weight excluding hydrogens is 260 g/mol. The zero-order chi connectivity index (χ0) is 13.7. The molecular formula is C15H17ClN2O. The van der Waals surface area contributed by atoms with E-state index in [2.05, 4.69) is 10.3 Å². The minimum Gasteiger partial charge on any atom is -0.492 e. The van der Waals surface area contributed by atoms with Crippen LogP contribution in [0.4, 0.5) is 0 Å². The van der Waals surface area contributed by atoms with Crippen molar-refractivity contribution >= 4 is 11.6 Å². The first kappa shape index (κ1) is 13.8. The number of hydrogen-bond acceptors (Lipinski definition) is 3. The predicted molar refractivity (Wildman–Crippen MR) is 78.6 cm³/mol. The molecule has 0 aliphatic rings. The van der Waals surface area contributed by atoms with E-state index >= 15 is 0 Å². The Hall–Kier alpha value is -1.58. The first-order valence-electron chi connectivity index (χ1n) is 6.26. The van der Waals surface area contributed by atoms with E-state index in [0.717, 1.165) is 34.0 Å². The van der Waals surface area contributed by atoms with Crippen LogP contribution in [0.3, 0.4) is 0 Å². The summed E-state index contributed by atoms with van der Waals surface area (Å²) < 4.78 is 5.46. The number of hydrogen-bond donors (Lipinski definition) is 1. The second-order valence-corrected chi connectivity index (χ2v) is 4.59. The third-order valence-corrected chi connectivity index (χ3v) is 3.13. The van der Waals surface area contributed by atoms with Gasteiger partial charge in [-0.05, 0) is 37.2 Å². The van der Waals surface area contributed by atoms with Gasteiger partial charge in [-0.15, -0.1) is 0 Å². The number of aromatic nitrogens is 1. The average molecular weight is 277 g/mol. The molecule has 0 spiro atoms. The third-order valence-electron chi connectivity index (χ3n) is 2.78. The molecule has 1 aromatic carbocycles. The Kier molecular flexibility index (Phi) is 4.77. The molecule has 19 heavy (non-hydrogen) atoms. The summed E-state index contributed by atoms with van der Waals surface area (Å²) in [5.74, 6) is 0.774. The van der Waals surface area contributed by atoms with Crippen LogP contribution < -0.4 is 10.1 Å². The second-order valence-electron chi connectivity index (χ2n) is 4.18. The summed E-state index contributed by atoms with van der Waals surface area (Å²) in [5, 5.41) is 3.85. The van der Waals surface area contributed by atoms with Crippen LogP contribution in [-0.4, -0.2) is 18.6 Å². The first-order valence-corrected chi connectivity index (χ1v) is 6.63. The van der Waals surface area contributed by atoms with Crippen molar-refractivity contribution in [2.24, 2.45) is 0 Å². The van der Waals surface area contributed by atoms with E-state index in [0.29, 0.717) is 6.61 Å². The summed E-state index contributed by atoms with van der Waals surface area (Å²) in [7, 11) is 1.90. The van der Waals surface area contributed by atoms with Gasteiger partial charge in [-0.3, -0.25) is 4.98 Å². The number of pyridine rings is 1. The molecule has 1 N–H and O–H groups in total. The van der Waals surface area contributed by atoms with Crippen molar-refractivity contribution in [1.82, 2.24) is 10.3 Å². The molecule has 0 aliphatic carbocycles. The second kappa shape index (κ2) is 6.55. The lowest BCUT2D eigenvalue weighted by atomic mass is 10.1. The Morgan fingerprint density at radius 3 is 2.74 bits per heavy atom. The SMILES string of the molecule is CCOc1cncc(-c2ccc(CNC)c(Cl)c2)c1. The molecule has 0 fully saturated rings. The van der Waals surface area contributed by atoms with Crippen LogP contribution in [0.25, 0.3) is 11.1 Å². The molecule has 3 nitrogen and oxygen atoms in total. The monoisotopic (exact) mass is 276 g/mol. The van der Waals surface area contributed by atoms with Crippen molar-refractivity contribution in [2.75, 3.05) is 13.7 Å². The molecule has 0 saturated carbocycles. The summed E-state index contributed by atoms with van der Waals surface area (Å²) in [4.78, 5) is 4.19. The summed E-state index contributed by atoms with van der Waals surface area (Å²) in [6.45, 7) is 3.35. The number of nitrogens with one attached hydrogen (secondary N) is 1. The first-order chi connectivity index (χ1) is 9.24. The Labute approximate surface area is 118 Å². The fourth-order valence-corrected chi connectivity index (χ4v) is 2.13. The van der Waals surface area contributed by atoms with E-state index < -0.39 is 0 Å². The molecule has 1 aromatic heterocycles. The van der Waals surface area contributed by atoms with E-state index in [1.165, 1.54) is 0 Å². The van der Waals surface area contributed by atoms with Gasteiger partial charge >= 0.3 is 0 Å². The van der Waals surface area contributed by atoms with Gasteiger partial charge in [0.05, 0.1) is 12.8 Å². The zero-order valence-corrected chi connectivity index (χ0v) is 11.9. The van der Waals surface area contributed by atoms with Crippen molar-refractivity contribution < 1.29 is 4.74 Å². The van der Waals surface area contributed by atoms with Gasteiger partial charge in [-0.1, -0.05) is 23.7 Å². The van der Waals surface area contributed by atoms with Crippen molar-refractivity contribution in [2.45, 2.75) is 13.5 Å². The molecule has 0 unspecified atom stereocenters. The van der Waals surface area contributed by atoms with Crippen molar-refractivity contribution in [3.05, 3.63) is 47.2 Å². The lowest BCUT2D eigenvalue weighted by Gasteiger charge is -2.08. The van der Waals surface area contributed by atoms with Crippen LogP contribution in [-0.2, 0) is 6.54 Å². The highest BCUT2D eigenvalue weighted by molar-refractivity contribution is 6.31. The van der Waals surface area contributed by atoms with Gasteiger partial charge in [0.2, 0.25) is 0 Å². The summed E-state index contributed by atoms with van der Waals surface area (Å²) in [5.41, 5.74) is 3.13. The van der Waals surface area contributed by atoms with E-state index in [1.54, 1.807) is 6.20 Å². The number of rotatable bonds is 5. The molecule has 2 aromatic rings. The van der Waals surface area contributed by atoms with Crippen LogP contribution >= 0.6 is 11.6 Å². The fraction of sp³-hybridized carbons (Fsp3) is 0.267. The number of ether oxygens (including phenoxy) is 1. The molecule has 0 bridgehead atoms. The van der Waals surface area contributed by atoms with Crippen molar-refractivity contribution in [3.8, 4) is 16.9 Å². The van der Waals surface area contributed by atoms with Gasteiger partial charge in [0.25, 0.3) is 0 Å². The molecule has 100 valence electrons. The lowest BCUT2D eigenvalue weighted by Crippen LogP contribution is -2.05. The highest BCUT2D eigenvalue weighted by Crippen LogP contribution is 2.27. The molecule has 2 rings (SSSR count). The molecule has 0 amide bonds. The number of halogens is 1. The third kappa shape index (κ3) is 3.46. The minimum atomic E-state index is 0.632. The number of nitrogens with zero attached hydrogens (tertiary/aromatic N) is 1. The van der Waals surface area contributed by atoms with E-state index in [9.17, 15) is 0 Å². The highest BCUT2D eigenvalue weighted by atomic mass is 35.5. The van der Waals surface area contributed by atoms with Crippen LogP contribution in [0, 0.1) is 0 Å². The number of benzene rings is 1. The Morgan fingerprint density at radius 1 is 1.21 bits per heavy atom. The topological polar surface area (TPSA) is 34.1 Å². The normalized spacial score (nSPS) is 10.5. The lowest BCUT2D eigenvalue weighted by molar-refractivity contribution is 0.339. The maximum Gasteiger partial charge on any atom is 0.138 e. The van der Waals surface area contributed by atoms with Gasteiger partial charge in [0.1, 0.15) is 5.75 Å². The molecule has 0 aliphatic heterocycles. The van der Waals surface area contributed by atoms with Gasteiger partial charge in [-0.2, -0.15) is 0 Å².